The highest BCUT2D eigenvalue weighted by Gasteiger charge is 2.13. The molecule has 3 nitrogen and oxygen atoms in total. The highest BCUT2D eigenvalue weighted by atomic mass is 16.1. The van der Waals surface area contributed by atoms with Crippen molar-refractivity contribution in [1.29, 1.82) is 0 Å². The van der Waals surface area contributed by atoms with Gasteiger partial charge in [-0.05, 0) is 25.7 Å². The lowest BCUT2D eigenvalue weighted by atomic mass is 10.0. The summed E-state index contributed by atoms with van der Waals surface area (Å²) in [6.45, 7) is 8.93. The number of carbonyl (C=O) groups excluding carboxylic acids is 1. The van der Waals surface area contributed by atoms with E-state index in [-0.39, 0.29) is 17.9 Å². The van der Waals surface area contributed by atoms with Crippen LogP contribution in [0.15, 0.2) is 0 Å². The van der Waals surface area contributed by atoms with Gasteiger partial charge in [0.25, 0.3) is 0 Å². The quantitative estimate of drug-likeness (QED) is 0.683. The molecule has 0 fully saturated rings. The first-order valence-electron chi connectivity index (χ1n) is 5.46. The Kier molecular flexibility index (Phi) is 6.54. The SMILES string of the molecule is CC(C)CCNC(=O)C(C)CC(C)N. The Bertz CT molecular complexity index is 167. The van der Waals surface area contributed by atoms with E-state index in [1.165, 1.54) is 0 Å². The molecule has 0 aliphatic carbocycles. The number of amides is 1. The predicted octanol–water partition coefficient (Wildman–Crippen LogP) is 1.52. The molecule has 3 N–H and O–H groups in total. The van der Waals surface area contributed by atoms with Crippen LogP contribution in [0.2, 0.25) is 0 Å². The molecule has 3 heteroatoms. The first kappa shape index (κ1) is 13.4. The van der Waals surface area contributed by atoms with Gasteiger partial charge >= 0.3 is 0 Å². The number of hydrogen-bond acceptors (Lipinski definition) is 2. The maximum atomic E-state index is 11.5. The summed E-state index contributed by atoms with van der Waals surface area (Å²) in [5, 5.41) is 2.92. The monoisotopic (exact) mass is 200 g/mol. The van der Waals surface area contributed by atoms with Crippen LogP contribution in [0.4, 0.5) is 0 Å². The fourth-order valence-corrected chi connectivity index (χ4v) is 1.32. The number of rotatable bonds is 6. The van der Waals surface area contributed by atoms with Crippen LogP contribution in [0.3, 0.4) is 0 Å². The van der Waals surface area contributed by atoms with Gasteiger partial charge in [0.2, 0.25) is 5.91 Å². The van der Waals surface area contributed by atoms with Crippen LogP contribution in [0.5, 0.6) is 0 Å². The topological polar surface area (TPSA) is 55.1 Å². The van der Waals surface area contributed by atoms with Gasteiger partial charge in [0.15, 0.2) is 0 Å². The van der Waals surface area contributed by atoms with Gasteiger partial charge in [0, 0.05) is 18.5 Å². The summed E-state index contributed by atoms with van der Waals surface area (Å²) in [4.78, 5) is 11.5. The highest BCUT2D eigenvalue weighted by molar-refractivity contribution is 5.78. The fourth-order valence-electron chi connectivity index (χ4n) is 1.32. The van der Waals surface area contributed by atoms with Crippen LogP contribution >= 0.6 is 0 Å². The average molecular weight is 200 g/mol. The molecule has 0 aromatic rings. The second kappa shape index (κ2) is 6.82. The van der Waals surface area contributed by atoms with Gasteiger partial charge < -0.3 is 11.1 Å². The highest BCUT2D eigenvalue weighted by Crippen LogP contribution is 2.04. The summed E-state index contributed by atoms with van der Waals surface area (Å²) in [7, 11) is 0. The zero-order valence-electron chi connectivity index (χ0n) is 9.84. The Morgan fingerprint density at radius 3 is 2.29 bits per heavy atom. The summed E-state index contributed by atoms with van der Waals surface area (Å²) in [6.07, 6.45) is 1.80. The molecule has 0 radical (unpaired) electrons. The van der Waals surface area contributed by atoms with Gasteiger partial charge in [-0.3, -0.25) is 4.79 Å². The minimum atomic E-state index is 0.0298. The Morgan fingerprint density at radius 1 is 1.29 bits per heavy atom. The third kappa shape index (κ3) is 6.89. The van der Waals surface area contributed by atoms with Crippen LogP contribution in [-0.2, 0) is 4.79 Å². The Balaban J connectivity index is 3.62. The number of hydrogen-bond donors (Lipinski definition) is 2. The molecule has 1 amide bonds. The fraction of sp³-hybridized carbons (Fsp3) is 0.909. The van der Waals surface area contributed by atoms with Crippen molar-refractivity contribution in [2.75, 3.05) is 6.54 Å². The smallest absolute Gasteiger partial charge is 0.222 e. The van der Waals surface area contributed by atoms with Crippen molar-refractivity contribution in [2.24, 2.45) is 17.6 Å². The number of nitrogens with two attached hydrogens (primary N) is 1. The van der Waals surface area contributed by atoms with Crippen molar-refractivity contribution in [3.8, 4) is 0 Å². The van der Waals surface area contributed by atoms with E-state index in [4.69, 9.17) is 5.73 Å². The normalized spacial score (nSPS) is 15.3. The van der Waals surface area contributed by atoms with Crippen molar-refractivity contribution in [3.63, 3.8) is 0 Å². The first-order valence-corrected chi connectivity index (χ1v) is 5.46. The summed E-state index contributed by atoms with van der Waals surface area (Å²) in [6, 6.07) is 0.0980. The lowest BCUT2D eigenvalue weighted by molar-refractivity contribution is -0.124. The van der Waals surface area contributed by atoms with Gasteiger partial charge in [0.05, 0.1) is 0 Å². The van der Waals surface area contributed by atoms with Crippen LogP contribution in [0.1, 0.15) is 40.5 Å². The average Bonchev–Trinajstić information content (AvgIpc) is 2.01. The molecule has 0 aromatic heterocycles. The first-order chi connectivity index (χ1) is 6.43. The third-order valence-corrected chi connectivity index (χ3v) is 2.19. The van der Waals surface area contributed by atoms with Gasteiger partial charge in [-0.15, -0.1) is 0 Å². The van der Waals surface area contributed by atoms with Crippen LogP contribution < -0.4 is 11.1 Å². The van der Waals surface area contributed by atoms with E-state index in [1.54, 1.807) is 0 Å². The maximum Gasteiger partial charge on any atom is 0.222 e. The van der Waals surface area contributed by atoms with Gasteiger partial charge in [0.1, 0.15) is 0 Å². The molecule has 0 rings (SSSR count). The predicted molar refractivity (Wildman–Crippen MR) is 59.9 cm³/mol. The molecule has 0 heterocycles. The molecule has 84 valence electrons. The maximum absolute atomic E-state index is 11.5. The summed E-state index contributed by atoms with van der Waals surface area (Å²) in [5.41, 5.74) is 5.63. The largest absolute Gasteiger partial charge is 0.356 e. The van der Waals surface area contributed by atoms with Crippen LogP contribution in [0, 0.1) is 11.8 Å². The van der Waals surface area contributed by atoms with E-state index in [1.807, 2.05) is 13.8 Å². The van der Waals surface area contributed by atoms with E-state index in [2.05, 4.69) is 19.2 Å². The lowest BCUT2D eigenvalue weighted by Crippen LogP contribution is -2.33. The molecule has 0 aliphatic heterocycles. The van der Waals surface area contributed by atoms with Crippen LogP contribution in [0.25, 0.3) is 0 Å². The molecule has 2 atom stereocenters. The Labute approximate surface area is 87.4 Å². The second-order valence-corrected chi connectivity index (χ2v) is 4.59. The van der Waals surface area contributed by atoms with Gasteiger partial charge in [-0.1, -0.05) is 20.8 Å². The minimum Gasteiger partial charge on any atom is -0.356 e. The molecule has 0 aliphatic rings. The number of carbonyl (C=O) groups is 1. The van der Waals surface area contributed by atoms with Crippen molar-refractivity contribution < 1.29 is 4.79 Å². The van der Waals surface area contributed by atoms with Crippen molar-refractivity contribution in [3.05, 3.63) is 0 Å². The molecular formula is C11H24N2O. The molecule has 0 aromatic carbocycles. The van der Waals surface area contributed by atoms with E-state index in [9.17, 15) is 4.79 Å². The zero-order valence-corrected chi connectivity index (χ0v) is 9.84. The Morgan fingerprint density at radius 2 is 1.86 bits per heavy atom. The zero-order chi connectivity index (χ0) is 11.1. The third-order valence-electron chi connectivity index (χ3n) is 2.19. The van der Waals surface area contributed by atoms with Crippen molar-refractivity contribution in [2.45, 2.75) is 46.6 Å². The molecule has 14 heavy (non-hydrogen) atoms. The molecule has 0 spiro atoms. The van der Waals surface area contributed by atoms with Crippen molar-refractivity contribution >= 4 is 5.91 Å². The van der Waals surface area contributed by atoms with E-state index in [0.717, 1.165) is 19.4 Å². The van der Waals surface area contributed by atoms with Gasteiger partial charge in [-0.25, -0.2) is 0 Å². The van der Waals surface area contributed by atoms with Gasteiger partial charge in [-0.2, -0.15) is 0 Å². The van der Waals surface area contributed by atoms with E-state index >= 15 is 0 Å². The molecular weight excluding hydrogens is 176 g/mol. The standard InChI is InChI=1S/C11H24N2O/c1-8(2)5-6-13-11(14)9(3)7-10(4)12/h8-10H,5-7,12H2,1-4H3,(H,13,14). The number of nitrogens with one attached hydrogen (secondary N) is 1. The van der Waals surface area contributed by atoms with Crippen molar-refractivity contribution in [1.82, 2.24) is 5.32 Å². The molecule has 0 bridgehead atoms. The van der Waals surface area contributed by atoms with E-state index < -0.39 is 0 Å². The molecule has 0 saturated heterocycles. The minimum absolute atomic E-state index is 0.0298. The Hall–Kier alpha value is -0.570. The molecule has 2 unspecified atom stereocenters. The lowest BCUT2D eigenvalue weighted by Gasteiger charge is -2.14. The second-order valence-electron chi connectivity index (χ2n) is 4.59. The summed E-state index contributed by atoms with van der Waals surface area (Å²) >= 11 is 0. The van der Waals surface area contributed by atoms with Crippen LogP contribution in [-0.4, -0.2) is 18.5 Å². The molecule has 0 saturated carbocycles. The van der Waals surface area contributed by atoms with E-state index in [0.29, 0.717) is 5.92 Å². The summed E-state index contributed by atoms with van der Waals surface area (Å²) in [5.74, 6) is 0.796. The summed E-state index contributed by atoms with van der Waals surface area (Å²) < 4.78 is 0.